The topological polar surface area (TPSA) is 69.2 Å². The first-order valence-corrected chi connectivity index (χ1v) is 10.0. The Morgan fingerprint density at radius 2 is 1.87 bits per heavy atom. The number of aryl methyl sites for hydroxylation is 1. The summed E-state index contributed by atoms with van der Waals surface area (Å²) < 4.78 is 0. The Labute approximate surface area is 179 Å². The molecule has 1 aromatic heterocycles. The van der Waals surface area contributed by atoms with Crippen molar-refractivity contribution in [3.05, 3.63) is 93.6 Å². The molecule has 0 aliphatic carbocycles. The lowest BCUT2D eigenvalue weighted by molar-refractivity contribution is 0.0782. The molecule has 0 aliphatic rings. The van der Waals surface area contributed by atoms with Crippen LogP contribution >= 0.6 is 11.6 Å². The molecule has 0 aliphatic heterocycles. The lowest BCUT2D eigenvalue weighted by atomic mass is 10.0. The van der Waals surface area contributed by atoms with Gasteiger partial charge in [0.25, 0.3) is 5.91 Å². The second-order valence-corrected chi connectivity index (χ2v) is 7.98. The number of phenols is 1. The maximum absolute atomic E-state index is 13.0. The Morgan fingerprint density at radius 1 is 1.10 bits per heavy atom. The summed E-state index contributed by atoms with van der Waals surface area (Å²) in [5.41, 5.74) is 5.08. The van der Waals surface area contributed by atoms with Crippen molar-refractivity contribution in [2.45, 2.75) is 19.9 Å². The third-order valence-corrected chi connectivity index (χ3v) is 5.37. The number of nitrogens with zero attached hydrogens (tertiary/aromatic N) is 2. The van der Waals surface area contributed by atoms with E-state index in [1.165, 1.54) is 5.56 Å². The zero-order valence-corrected chi connectivity index (χ0v) is 17.6. The Morgan fingerprint density at radius 3 is 2.60 bits per heavy atom. The number of aromatic hydroxyl groups is 1. The van der Waals surface area contributed by atoms with Crippen LogP contribution in [0.25, 0.3) is 10.9 Å². The lowest BCUT2D eigenvalue weighted by Gasteiger charge is -2.18. The number of nitrogens with one attached hydrogen (secondary N) is 1. The summed E-state index contributed by atoms with van der Waals surface area (Å²) in [6, 6.07) is 18.9. The zero-order valence-electron chi connectivity index (χ0n) is 16.8. The van der Waals surface area contributed by atoms with Crippen LogP contribution in [0, 0.1) is 6.92 Å². The minimum atomic E-state index is -0.257. The number of amides is 1. The Balaban J connectivity index is 1.62. The highest BCUT2D eigenvalue weighted by Gasteiger charge is 2.19. The summed E-state index contributed by atoms with van der Waals surface area (Å²) in [6.07, 6.45) is 0.640. The van der Waals surface area contributed by atoms with Crippen LogP contribution in [0.3, 0.4) is 0 Å². The van der Waals surface area contributed by atoms with E-state index < -0.39 is 0 Å². The molecule has 3 aromatic carbocycles. The molecular weight excluding hydrogens is 398 g/mol. The van der Waals surface area contributed by atoms with Gasteiger partial charge in [0.05, 0.1) is 16.8 Å². The molecule has 0 fully saturated rings. The van der Waals surface area contributed by atoms with Crippen molar-refractivity contribution in [3.8, 4) is 5.75 Å². The average Bonchev–Trinajstić information content (AvgIpc) is 3.10. The number of rotatable bonds is 5. The molecule has 0 unspecified atom stereocenters. The third kappa shape index (κ3) is 4.16. The van der Waals surface area contributed by atoms with Crippen molar-refractivity contribution < 1.29 is 9.90 Å². The van der Waals surface area contributed by atoms with Gasteiger partial charge in [0.15, 0.2) is 0 Å². The smallest absolute Gasteiger partial charge is 0.257 e. The molecule has 152 valence electrons. The normalized spacial score (nSPS) is 11.0. The number of hydrogen-bond donors (Lipinski definition) is 2. The van der Waals surface area contributed by atoms with Crippen molar-refractivity contribution >= 4 is 28.4 Å². The summed E-state index contributed by atoms with van der Waals surface area (Å²) in [5, 5.41) is 19.3. The molecule has 4 rings (SSSR count). The molecular formula is C24H22ClN3O2. The number of hydrogen-bond acceptors (Lipinski definition) is 3. The molecule has 5 nitrogen and oxygen atoms in total. The molecule has 0 atom stereocenters. The second kappa shape index (κ2) is 8.20. The van der Waals surface area contributed by atoms with Gasteiger partial charge >= 0.3 is 0 Å². The number of carbonyl (C=O) groups is 1. The van der Waals surface area contributed by atoms with Crippen LogP contribution in [0.1, 0.15) is 32.7 Å². The lowest BCUT2D eigenvalue weighted by Crippen LogP contribution is -2.26. The fourth-order valence-electron chi connectivity index (χ4n) is 3.57. The van der Waals surface area contributed by atoms with Gasteiger partial charge in [0.1, 0.15) is 5.75 Å². The predicted octanol–water partition coefficient (Wildman–Crippen LogP) is 5.09. The first-order valence-electron chi connectivity index (χ1n) is 9.66. The van der Waals surface area contributed by atoms with Gasteiger partial charge in [0.2, 0.25) is 0 Å². The molecule has 0 saturated heterocycles. The van der Waals surface area contributed by atoms with E-state index in [0.717, 1.165) is 22.2 Å². The molecule has 1 amide bonds. The Kier molecular flexibility index (Phi) is 5.46. The molecule has 4 aromatic rings. The Bertz CT molecular complexity index is 1220. The van der Waals surface area contributed by atoms with Gasteiger partial charge in [-0.1, -0.05) is 53.6 Å². The van der Waals surface area contributed by atoms with Crippen molar-refractivity contribution in [1.82, 2.24) is 15.1 Å². The summed E-state index contributed by atoms with van der Waals surface area (Å²) >= 11 is 5.93. The highest BCUT2D eigenvalue weighted by atomic mass is 35.5. The van der Waals surface area contributed by atoms with Crippen LogP contribution in [0.4, 0.5) is 0 Å². The van der Waals surface area contributed by atoms with Gasteiger partial charge in [0, 0.05) is 36.5 Å². The molecule has 0 bridgehead atoms. The Hall–Kier alpha value is -3.31. The fraction of sp³-hybridized carbons (Fsp3) is 0.167. The summed E-state index contributed by atoms with van der Waals surface area (Å²) in [7, 11) is 1.71. The van der Waals surface area contributed by atoms with Crippen molar-refractivity contribution in [2.75, 3.05) is 7.05 Å². The number of aromatic amines is 1. The molecule has 0 spiro atoms. The number of phenolic OH excluding ortho intramolecular Hbond substituents is 1. The van der Waals surface area contributed by atoms with Crippen LogP contribution in [0.15, 0.2) is 60.7 Å². The monoisotopic (exact) mass is 419 g/mol. The van der Waals surface area contributed by atoms with E-state index in [9.17, 15) is 9.90 Å². The summed E-state index contributed by atoms with van der Waals surface area (Å²) in [5.74, 6) is -0.326. The minimum absolute atomic E-state index is 0.0683. The molecule has 6 heteroatoms. The molecule has 0 saturated carbocycles. The van der Waals surface area contributed by atoms with E-state index in [1.54, 1.807) is 36.2 Å². The first-order chi connectivity index (χ1) is 14.4. The van der Waals surface area contributed by atoms with E-state index in [0.29, 0.717) is 23.5 Å². The fourth-order valence-corrected chi connectivity index (χ4v) is 3.70. The molecule has 2 N–H and O–H groups in total. The van der Waals surface area contributed by atoms with Crippen molar-refractivity contribution in [3.63, 3.8) is 0 Å². The maximum Gasteiger partial charge on any atom is 0.257 e. The van der Waals surface area contributed by atoms with E-state index >= 15 is 0 Å². The minimum Gasteiger partial charge on any atom is -0.507 e. The van der Waals surface area contributed by atoms with E-state index in [4.69, 9.17) is 11.6 Å². The molecule has 30 heavy (non-hydrogen) atoms. The number of fused-ring (bicyclic) bond motifs is 1. The van der Waals surface area contributed by atoms with Crippen LogP contribution in [0.5, 0.6) is 5.75 Å². The zero-order chi connectivity index (χ0) is 21.3. The van der Waals surface area contributed by atoms with Gasteiger partial charge in [-0.2, -0.15) is 5.10 Å². The van der Waals surface area contributed by atoms with Gasteiger partial charge in [-0.3, -0.25) is 9.89 Å². The predicted molar refractivity (Wildman–Crippen MR) is 119 cm³/mol. The first kappa shape index (κ1) is 20.0. The summed E-state index contributed by atoms with van der Waals surface area (Å²) in [6.45, 7) is 2.46. The van der Waals surface area contributed by atoms with E-state index in [-0.39, 0.29) is 17.2 Å². The average molecular weight is 420 g/mol. The van der Waals surface area contributed by atoms with Gasteiger partial charge < -0.3 is 10.0 Å². The van der Waals surface area contributed by atoms with E-state index in [1.807, 2.05) is 18.2 Å². The summed E-state index contributed by atoms with van der Waals surface area (Å²) in [4.78, 5) is 14.6. The van der Waals surface area contributed by atoms with Crippen LogP contribution in [-0.4, -0.2) is 33.2 Å². The number of aromatic nitrogens is 2. The quantitative estimate of drug-likeness (QED) is 0.473. The van der Waals surface area contributed by atoms with Crippen molar-refractivity contribution in [1.29, 1.82) is 0 Å². The SMILES string of the molecule is Cc1cccc(Cc2n[nH]c3cc(O)c(C(=O)N(C)Cc4ccc(Cl)cc4)cc23)c1. The number of carbonyl (C=O) groups excluding carboxylic acids is 1. The largest absolute Gasteiger partial charge is 0.507 e. The van der Waals surface area contributed by atoms with Gasteiger partial charge in [-0.05, 0) is 36.2 Å². The van der Waals surface area contributed by atoms with Crippen LogP contribution < -0.4 is 0 Å². The number of H-pyrrole nitrogens is 1. The third-order valence-electron chi connectivity index (χ3n) is 5.12. The van der Waals surface area contributed by atoms with Crippen molar-refractivity contribution in [2.24, 2.45) is 0 Å². The standard InChI is InChI=1S/C24H22ClN3O2/c1-15-4-3-5-17(10-15)11-21-19-12-20(23(29)13-22(19)27-26-21)24(30)28(2)14-16-6-8-18(25)9-7-16/h3-10,12-13,29H,11,14H2,1-2H3,(H,26,27). The number of halogens is 1. The molecule has 1 heterocycles. The second-order valence-electron chi connectivity index (χ2n) is 7.54. The van der Waals surface area contributed by atoms with Crippen LogP contribution in [-0.2, 0) is 13.0 Å². The molecule has 0 radical (unpaired) electrons. The van der Waals surface area contributed by atoms with Gasteiger partial charge in [-0.25, -0.2) is 0 Å². The highest BCUT2D eigenvalue weighted by molar-refractivity contribution is 6.30. The van der Waals surface area contributed by atoms with E-state index in [2.05, 4.69) is 35.3 Å². The maximum atomic E-state index is 13.0. The number of benzene rings is 3. The van der Waals surface area contributed by atoms with Gasteiger partial charge in [-0.15, -0.1) is 0 Å². The highest BCUT2D eigenvalue weighted by Crippen LogP contribution is 2.28. The van der Waals surface area contributed by atoms with Crippen LogP contribution in [0.2, 0.25) is 5.02 Å².